The van der Waals surface area contributed by atoms with Crippen molar-refractivity contribution in [1.29, 1.82) is 0 Å². The third kappa shape index (κ3) is 5.93. The molecule has 2 N–H and O–H groups in total. The summed E-state index contributed by atoms with van der Waals surface area (Å²) in [7, 11) is -3.96. The number of amides is 1. The quantitative estimate of drug-likeness (QED) is 0.266. The van der Waals surface area contributed by atoms with Crippen molar-refractivity contribution in [3.63, 3.8) is 0 Å². The average Bonchev–Trinajstić information content (AvgIpc) is 2.82. The average molecular weight is 529 g/mol. The van der Waals surface area contributed by atoms with Crippen LogP contribution in [0.15, 0.2) is 112 Å². The lowest BCUT2D eigenvalue weighted by atomic mass is 10.1. The minimum atomic E-state index is -3.96. The molecule has 0 spiro atoms. The molecule has 0 aliphatic rings. The van der Waals surface area contributed by atoms with Crippen LogP contribution in [0.3, 0.4) is 0 Å². The van der Waals surface area contributed by atoms with E-state index in [0.29, 0.717) is 15.7 Å². The SMILES string of the molecule is O=C(Nc1ccccc1Sc1ccccc1)c1cc(Cl)ccc1NS(=O)(=O)c1ccc(Cl)cc1. The number of hydrogen-bond donors (Lipinski definition) is 2. The maximum absolute atomic E-state index is 13.2. The van der Waals surface area contributed by atoms with Crippen molar-refractivity contribution in [2.75, 3.05) is 10.0 Å². The van der Waals surface area contributed by atoms with E-state index in [1.807, 2.05) is 48.5 Å². The van der Waals surface area contributed by atoms with E-state index in [2.05, 4.69) is 10.0 Å². The molecule has 0 unspecified atom stereocenters. The number of nitrogens with one attached hydrogen (secondary N) is 2. The van der Waals surface area contributed by atoms with Crippen molar-refractivity contribution in [2.24, 2.45) is 0 Å². The zero-order valence-electron chi connectivity index (χ0n) is 17.5. The minimum absolute atomic E-state index is 0.0165. The molecule has 5 nitrogen and oxygen atoms in total. The molecule has 9 heteroatoms. The Morgan fingerprint density at radius 3 is 2.12 bits per heavy atom. The summed E-state index contributed by atoms with van der Waals surface area (Å²) in [4.78, 5) is 15.1. The molecular weight excluding hydrogens is 511 g/mol. The van der Waals surface area contributed by atoms with Crippen molar-refractivity contribution in [1.82, 2.24) is 0 Å². The predicted octanol–water partition coefficient (Wildman–Crippen LogP) is 7.20. The molecule has 0 radical (unpaired) electrons. The van der Waals surface area contributed by atoms with Gasteiger partial charge < -0.3 is 5.32 Å². The lowest BCUT2D eigenvalue weighted by molar-refractivity contribution is 0.102. The zero-order chi connectivity index (χ0) is 24.1. The van der Waals surface area contributed by atoms with Gasteiger partial charge >= 0.3 is 0 Å². The third-order valence-electron chi connectivity index (χ3n) is 4.70. The molecule has 0 saturated heterocycles. The van der Waals surface area contributed by atoms with Crippen LogP contribution < -0.4 is 10.0 Å². The molecule has 0 aliphatic heterocycles. The molecule has 0 aromatic heterocycles. The number of carbonyl (C=O) groups is 1. The van der Waals surface area contributed by atoms with Crippen LogP contribution in [0.25, 0.3) is 0 Å². The molecule has 0 aliphatic carbocycles. The van der Waals surface area contributed by atoms with Gasteiger partial charge in [-0.25, -0.2) is 8.42 Å². The molecule has 0 atom stereocenters. The van der Waals surface area contributed by atoms with Gasteiger partial charge in [0.05, 0.1) is 21.8 Å². The smallest absolute Gasteiger partial charge is 0.261 e. The van der Waals surface area contributed by atoms with E-state index in [1.54, 1.807) is 6.07 Å². The maximum Gasteiger partial charge on any atom is 0.261 e. The van der Waals surface area contributed by atoms with Crippen molar-refractivity contribution >= 4 is 62.3 Å². The second-order valence-corrected chi connectivity index (χ2v) is 10.8. The number of benzene rings is 4. The van der Waals surface area contributed by atoms with Crippen LogP contribution in [-0.2, 0) is 10.0 Å². The summed E-state index contributed by atoms with van der Waals surface area (Å²) in [6.07, 6.45) is 0. The predicted molar refractivity (Wildman–Crippen MR) is 139 cm³/mol. The van der Waals surface area contributed by atoms with Gasteiger partial charge in [-0.05, 0) is 66.7 Å². The Morgan fingerprint density at radius 2 is 1.38 bits per heavy atom. The highest BCUT2D eigenvalue weighted by atomic mass is 35.5. The van der Waals surface area contributed by atoms with Crippen LogP contribution in [-0.4, -0.2) is 14.3 Å². The Morgan fingerprint density at radius 1 is 0.735 bits per heavy atom. The molecule has 34 heavy (non-hydrogen) atoms. The molecule has 1 amide bonds. The first kappa shape index (κ1) is 24.2. The van der Waals surface area contributed by atoms with Crippen LogP contribution in [0.2, 0.25) is 10.0 Å². The molecule has 0 fully saturated rings. The number of para-hydroxylation sites is 1. The summed E-state index contributed by atoms with van der Waals surface area (Å²) >= 11 is 13.5. The third-order valence-corrected chi connectivity index (χ3v) is 7.65. The van der Waals surface area contributed by atoms with Gasteiger partial charge in [-0.1, -0.05) is 65.3 Å². The first-order valence-corrected chi connectivity index (χ1v) is 13.1. The fraction of sp³-hybridized carbons (Fsp3) is 0. The van der Waals surface area contributed by atoms with Crippen LogP contribution >= 0.6 is 35.0 Å². The van der Waals surface area contributed by atoms with E-state index in [4.69, 9.17) is 23.2 Å². The number of carbonyl (C=O) groups excluding carboxylic acids is 1. The molecule has 172 valence electrons. The van der Waals surface area contributed by atoms with Gasteiger partial charge in [-0.15, -0.1) is 0 Å². The minimum Gasteiger partial charge on any atom is -0.321 e. The summed E-state index contributed by atoms with van der Waals surface area (Å²) in [6.45, 7) is 0. The largest absolute Gasteiger partial charge is 0.321 e. The van der Waals surface area contributed by atoms with Gasteiger partial charge in [0.15, 0.2) is 0 Å². The topological polar surface area (TPSA) is 75.3 Å². The molecule has 4 aromatic carbocycles. The molecule has 4 aromatic rings. The van der Waals surface area contributed by atoms with Gasteiger partial charge in [0.1, 0.15) is 0 Å². The van der Waals surface area contributed by atoms with E-state index >= 15 is 0 Å². The van der Waals surface area contributed by atoms with Gasteiger partial charge in [-0.3, -0.25) is 9.52 Å². The highest BCUT2D eigenvalue weighted by Crippen LogP contribution is 2.34. The van der Waals surface area contributed by atoms with E-state index < -0.39 is 15.9 Å². The van der Waals surface area contributed by atoms with Crippen LogP contribution in [0.5, 0.6) is 0 Å². The highest BCUT2D eigenvalue weighted by Gasteiger charge is 2.20. The van der Waals surface area contributed by atoms with E-state index in [0.717, 1.165) is 9.79 Å². The summed E-state index contributed by atoms with van der Waals surface area (Å²) in [5.74, 6) is -0.502. The van der Waals surface area contributed by atoms with Crippen molar-refractivity contribution in [3.8, 4) is 0 Å². The second kappa shape index (κ2) is 10.5. The van der Waals surface area contributed by atoms with Crippen LogP contribution in [0, 0.1) is 0 Å². The lowest BCUT2D eigenvalue weighted by Gasteiger charge is -2.15. The first-order valence-electron chi connectivity index (χ1n) is 10.0. The van der Waals surface area contributed by atoms with Crippen molar-refractivity contribution in [2.45, 2.75) is 14.7 Å². The molecule has 4 rings (SSSR count). The number of rotatable bonds is 7. The summed E-state index contributed by atoms with van der Waals surface area (Å²) in [6, 6.07) is 27.3. The Balaban J connectivity index is 1.61. The summed E-state index contributed by atoms with van der Waals surface area (Å²) in [5, 5.41) is 3.59. The fourth-order valence-corrected chi connectivity index (χ4v) is 5.38. The van der Waals surface area contributed by atoms with E-state index in [1.165, 1.54) is 54.2 Å². The van der Waals surface area contributed by atoms with Gasteiger partial charge in [-0.2, -0.15) is 0 Å². The van der Waals surface area contributed by atoms with Gasteiger partial charge in [0.25, 0.3) is 15.9 Å². The number of sulfonamides is 1. The Bertz CT molecular complexity index is 1430. The van der Waals surface area contributed by atoms with Gasteiger partial charge in [0.2, 0.25) is 0 Å². The summed E-state index contributed by atoms with van der Waals surface area (Å²) in [5.41, 5.74) is 0.780. The number of anilines is 2. The van der Waals surface area contributed by atoms with Gasteiger partial charge in [0, 0.05) is 19.8 Å². The Labute approximate surface area is 212 Å². The highest BCUT2D eigenvalue weighted by molar-refractivity contribution is 7.99. The van der Waals surface area contributed by atoms with Crippen LogP contribution in [0.4, 0.5) is 11.4 Å². The lowest BCUT2D eigenvalue weighted by Crippen LogP contribution is -2.19. The Kier molecular flexibility index (Phi) is 7.48. The van der Waals surface area contributed by atoms with E-state index in [9.17, 15) is 13.2 Å². The summed E-state index contributed by atoms with van der Waals surface area (Å²) < 4.78 is 28.2. The normalized spacial score (nSPS) is 11.1. The molecule has 0 bridgehead atoms. The molecular formula is C25H18Cl2N2O3S2. The maximum atomic E-state index is 13.2. The van der Waals surface area contributed by atoms with Crippen LogP contribution in [0.1, 0.15) is 10.4 Å². The molecule has 0 heterocycles. The first-order chi connectivity index (χ1) is 16.3. The molecule has 0 saturated carbocycles. The van der Waals surface area contributed by atoms with Crippen molar-refractivity contribution < 1.29 is 13.2 Å². The van der Waals surface area contributed by atoms with Crippen molar-refractivity contribution in [3.05, 3.63) is 113 Å². The van der Waals surface area contributed by atoms with E-state index in [-0.39, 0.29) is 16.1 Å². The second-order valence-electron chi connectivity index (χ2n) is 7.11. The number of hydrogen-bond acceptors (Lipinski definition) is 4. The Hall–Kier alpha value is -2.97. The zero-order valence-corrected chi connectivity index (χ0v) is 20.7. The standard InChI is InChI=1S/C25H18Cl2N2O3S2/c26-17-10-13-20(14-11-17)34(31,32)29-22-15-12-18(27)16-21(22)25(30)28-23-8-4-5-9-24(23)33-19-6-2-1-3-7-19/h1-16,29H,(H,28,30). The number of halogens is 2. The monoisotopic (exact) mass is 528 g/mol. The fourth-order valence-electron chi connectivity index (χ4n) is 3.07.